The zero-order valence-corrected chi connectivity index (χ0v) is 16.0. The zero-order valence-electron chi connectivity index (χ0n) is 15.2. The van der Waals surface area contributed by atoms with Gasteiger partial charge in [-0.05, 0) is 43.7 Å². The third kappa shape index (κ3) is 3.23. The number of hydrogen-bond acceptors (Lipinski definition) is 4. The zero-order chi connectivity index (χ0) is 18.9. The Morgan fingerprint density at radius 1 is 1.31 bits per heavy atom. The second-order valence-corrected chi connectivity index (χ2v) is 8.87. The highest BCUT2D eigenvalue weighted by Crippen LogP contribution is 2.44. The fraction of sp³-hybridized carbons (Fsp3) is 0.450. The Morgan fingerprint density at radius 2 is 2.00 bits per heavy atom. The number of aryl methyl sites for hydroxylation is 1. The van der Waals surface area contributed by atoms with E-state index in [2.05, 4.69) is 12.7 Å². The fourth-order valence-corrected chi connectivity index (χ4v) is 5.85. The van der Waals surface area contributed by atoms with Crippen LogP contribution in [-0.2, 0) is 19.6 Å². The number of carbonyl (C=O) groups is 1. The maximum Gasteiger partial charge on any atom is 0.310 e. The van der Waals surface area contributed by atoms with Gasteiger partial charge in [0.15, 0.2) is 0 Å². The van der Waals surface area contributed by atoms with Crippen LogP contribution in [0.4, 0.5) is 0 Å². The van der Waals surface area contributed by atoms with E-state index in [1.807, 2.05) is 13.0 Å². The van der Waals surface area contributed by atoms with E-state index in [4.69, 9.17) is 4.74 Å². The summed E-state index contributed by atoms with van der Waals surface area (Å²) in [4.78, 5) is 12.7. The molecule has 1 heterocycles. The van der Waals surface area contributed by atoms with Gasteiger partial charge in [-0.1, -0.05) is 35.9 Å². The number of hydrogen-bond donors (Lipinski definition) is 0. The maximum atomic E-state index is 13.4. The van der Waals surface area contributed by atoms with Crippen LogP contribution in [0, 0.1) is 24.7 Å². The van der Waals surface area contributed by atoms with Crippen molar-refractivity contribution in [1.82, 2.24) is 4.31 Å². The second-order valence-electron chi connectivity index (χ2n) is 6.98. The standard InChI is InChI=1S/C20H25NO4S/c1-4-15-13-16-7-5-6-12-21(19(16)18(15)20(22)25-3)26(23,24)17-10-8-14(2)9-11-17/h4-5,7-11,15-16,18-19H,1,6,12-13H2,2-3H3/t15-,16+,18+,19+/m0/s1. The number of allylic oxidation sites excluding steroid dienone is 1. The van der Waals surface area contributed by atoms with Gasteiger partial charge < -0.3 is 4.74 Å². The van der Waals surface area contributed by atoms with E-state index < -0.39 is 22.0 Å². The van der Waals surface area contributed by atoms with Crippen molar-refractivity contribution in [2.75, 3.05) is 13.7 Å². The summed E-state index contributed by atoms with van der Waals surface area (Å²) in [6.45, 7) is 6.12. The highest BCUT2D eigenvalue weighted by molar-refractivity contribution is 7.89. The minimum absolute atomic E-state index is 0.0233. The van der Waals surface area contributed by atoms with Gasteiger partial charge in [0.1, 0.15) is 0 Å². The monoisotopic (exact) mass is 375 g/mol. The van der Waals surface area contributed by atoms with Crippen molar-refractivity contribution in [3.63, 3.8) is 0 Å². The molecule has 2 aliphatic rings. The lowest BCUT2D eigenvalue weighted by atomic mass is 9.93. The molecule has 1 saturated carbocycles. The molecule has 26 heavy (non-hydrogen) atoms. The van der Waals surface area contributed by atoms with Crippen LogP contribution in [0.1, 0.15) is 18.4 Å². The average Bonchev–Trinajstić information content (AvgIpc) is 2.86. The molecular weight excluding hydrogens is 350 g/mol. The van der Waals surface area contributed by atoms with E-state index in [1.165, 1.54) is 11.4 Å². The molecule has 140 valence electrons. The van der Waals surface area contributed by atoms with Crippen LogP contribution in [-0.4, -0.2) is 38.4 Å². The van der Waals surface area contributed by atoms with Crippen LogP contribution < -0.4 is 0 Å². The van der Waals surface area contributed by atoms with Crippen molar-refractivity contribution in [2.24, 2.45) is 17.8 Å². The lowest BCUT2D eigenvalue weighted by Crippen LogP contribution is -2.48. The number of benzene rings is 1. The Bertz CT molecular complexity index is 813. The molecule has 1 fully saturated rings. The number of esters is 1. The minimum Gasteiger partial charge on any atom is -0.469 e. The molecule has 1 aliphatic carbocycles. The molecule has 1 aromatic carbocycles. The largest absolute Gasteiger partial charge is 0.469 e. The van der Waals surface area contributed by atoms with Crippen LogP contribution in [0.3, 0.4) is 0 Å². The summed E-state index contributed by atoms with van der Waals surface area (Å²) in [5.41, 5.74) is 0.999. The summed E-state index contributed by atoms with van der Waals surface area (Å²) >= 11 is 0. The summed E-state index contributed by atoms with van der Waals surface area (Å²) in [5, 5.41) is 0. The molecule has 1 aromatic rings. The van der Waals surface area contributed by atoms with E-state index in [0.29, 0.717) is 19.4 Å². The molecular formula is C20H25NO4S. The van der Waals surface area contributed by atoms with Crippen LogP contribution in [0.15, 0.2) is 54.0 Å². The predicted molar refractivity (Wildman–Crippen MR) is 99.9 cm³/mol. The first-order valence-corrected chi connectivity index (χ1v) is 10.3. The molecule has 0 aromatic heterocycles. The van der Waals surface area contributed by atoms with Crippen molar-refractivity contribution >= 4 is 16.0 Å². The van der Waals surface area contributed by atoms with Crippen molar-refractivity contribution in [3.05, 3.63) is 54.6 Å². The molecule has 4 atom stereocenters. The van der Waals surface area contributed by atoms with Crippen LogP contribution >= 0.6 is 0 Å². The number of carbonyl (C=O) groups excluding carboxylic acids is 1. The number of ether oxygens (including phenoxy) is 1. The Kier molecular flexibility index (Phi) is 5.34. The number of nitrogens with zero attached hydrogens (tertiary/aromatic N) is 1. The summed E-state index contributed by atoms with van der Waals surface area (Å²) in [7, 11) is -2.36. The van der Waals surface area contributed by atoms with Gasteiger partial charge in [-0.2, -0.15) is 4.31 Å². The molecule has 0 unspecified atom stereocenters. The third-order valence-electron chi connectivity index (χ3n) is 5.45. The van der Waals surface area contributed by atoms with E-state index in [9.17, 15) is 13.2 Å². The van der Waals surface area contributed by atoms with E-state index in [1.54, 1.807) is 30.3 Å². The summed E-state index contributed by atoms with van der Waals surface area (Å²) in [6, 6.07) is 6.39. The van der Waals surface area contributed by atoms with Crippen molar-refractivity contribution < 1.29 is 17.9 Å². The smallest absolute Gasteiger partial charge is 0.310 e. The van der Waals surface area contributed by atoms with Gasteiger partial charge in [0, 0.05) is 12.6 Å². The Labute approximate surface area is 155 Å². The van der Waals surface area contributed by atoms with Crippen molar-refractivity contribution in [3.8, 4) is 0 Å². The lowest BCUT2D eigenvalue weighted by Gasteiger charge is -2.33. The highest BCUT2D eigenvalue weighted by atomic mass is 32.2. The summed E-state index contributed by atoms with van der Waals surface area (Å²) in [6.07, 6.45) is 7.15. The second kappa shape index (κ2) is 7.37. The molecule has 6 heteroatoms. The SMILES string of the molecule is C=C[C@H]1C[C@H]2C=CCCN(S(=O)(=O)c3ccc(C)cc3)[C@H]2[C@@H]1C(=O)OC. The van der Waals surface area contributed by atoms with Gasteiger partial charge in [-0.3, -0.25) is 4.79 Å². The molecule has 0 N–H and O–H groups in total. The number of methoxy groups -OCH3 is 1. The molecule has 0 saturated heterocycles. The molecule has 5 nitrogen and oxygen atoms in total. The molecule has 1 aliphatic heterocycles. The highest BCUT2D eigenvalue weighted by Gasteiger charge is 2.51. The maximum absolute atomic E-state index is 13.4. The van der Waals surface area contributed by atoms with E-state index in [0.717, 1.165) is 5.56 Å². The normalized spacial score (nSPS) is 29.0. The van der Waals surface area contributed by atoms with E-state index >= 15 is 0 Å². The Morgan fingerprint density at radius 3 is 2.62 bits per heavy atom. The molecule has 0 amide bonds. The van der Waals surface area contributed by atoms with Crippen LogP contribution in [0.5, 0.6) is 0 Å². The quantitative estimate of drug-likeness (QED) is 0.600. The molecule has 0 bridgehead atoms. The topological polar surface area (TPSA) is 63.7 Å². The summed E-state index contributed by atoms with van der Waals surface area (Å²) in [5.74, 6) is -1.03. The number of rotatable bonds is 4. The van der Waals surface area contributed by atoms with Crippen LogP contribution in [0.25, 0.3) is 0 Å². The lowest BCUT2D eigenvalue weighted by molar-refractivity contribution is -0.147. The van der Waals surface area contributed by atoms with E-state index in [-0.39, 0.29) is 22.7 Å². The van der Waals surface area contributed by atoms with Gasteiger partial charge in [0.2, 0.25) is 10.0 Å². The summed E-state index contributed by atoms with van der Waals surface area (Å²) < 4.78 is 33.2. The van der Waals surface area contributed by atoms with Crippen molar-refractivity contribution in [2.45, 2.75) is 30.7 Å². The van der Waals surface area contributed by atoms with Gasteiger partial charge in [-0.25, -0.2) is 8.42 Å². The first-order chi connectivity index (χ1) is 12.4. The predicted octanol–water partition coefficient (Wildman–Crippen LogP) is 2.93. The Hall–Kier alpha value is -1.92. The Balaban J connectivity index is 2.06. The first kappa shape index (κ1) is 18.9. The third-order valence-corrected chi connectivity index (χ3v) is 7.36. The minimum atomic E-state index is -3.71. The first-order valence-electron chi connectivity index (χ1n) is 8.85. The van der Waals surface area contributed by atoms with Gasteiger partial charge >= 0.3 is 5.97 Å². The number of sulfonamides is 1. The van der Waals surface area contributed by atoms with Gasteiger partial charge in [0.25, 0.3) is 0 Å². The molecule has 0 radical (unpaired) electrons. The molecule has 3 rings (SSSR count). The molecule has 0 spiro atoms. The van der Waals surface area contributed by atoms with Crippen molar-refractivity contribution in [1.29, 1.82) is 0 Å². The number of fused-ring (bicyclic) bond motifs is 1. The van der Waals surface area contributed by atoms with Gasteiger partial charge in [0.05, 0.1) is 17.9 Å². The van der Waals surface area contributed by atoms with Gasteiger partial charge in [-0.15, -0.1) is 6.58 Å². The van der Waals surface area contributed by atoms with Crippen LogP contribution in [0.2, 0.25) is 0 Å². The fourth-order valence-electron chi connectivity index (χ4n) is 4.15. The average molecular weight is 375 g/mol.